The summed E-state index contributed by atoms with van der Waals surface area (Å²) in [6.45, 7) is 0.399. The third-order valence-electron chi connectivity index (χ3n) is 2.97. The van der Waals surface area contributed by atoms with E-state index in [1.165, 1.54) is 24.1 Å². The third kappa shape index (κ3) is 2.06. The Bertz CT molecular complexity index is 504. The molecule has 0 bridgehead atoms. The average Bonchev–Trinajstić information content (AvgIpc) is 2.69. The van der Waals surface area contributed by atoms with Crippen molar-refractivity contribution < 1.29 is 14.0 Å². The summed E-state index contributed by atoms with van der Waals surface area (Å²) in [6.07, 6.45) is 0.509. The van der Waals surface area contributed by atoms with Crippen LogP contribution in [0, 0.1) is 5.82 Å². The van der Waals surface area contributed by atoms with E-state index in [-0.39, 0.29) is 23.1 Å². The topological polar surface area (TPSA) is 75.4 Å². The van der Waals surface area contributed by atoms with Gasteiger partial charge in [0.25, 0.3) is 5.91 Å². The Morgan fingerprint density at radius 1 is 1.56 bits per heavy atom. The first-order valence-electron chi connectivity index (χ1n) is 5.63. The van der Waals surface area contributed by atoms with Gasteiger partial charge in [-0.3, -0.25) is 9.59 Å². The van der Waals surface area contributed by atoms with Crippen molar-refractivity contribution in [2.75, 3.05) is 18.5 Å². The molecule has 5 nitrogen and oxygen atoms in total. The number of nitrogens with zero attached hydrogens (tertiary/aromatic N) is 1. The van der Waals surface area contributed by atoms with Crippen LogP contribution < -0.4 is 16.0 Å². The SMILES string of the molecule is CNC(=O)c1ccc(N2CC[C@H](N)C2=O)c(F)c1. The second-order valence-electron chi connectivity index (χ2n) is 4.13. The quantitative estimate of drug-likeness (QED) is 0.791. The van der Waals surface area contributed by atoms with Gasteiger partial charge in [0.05, 0.1) is 11.7 Å². The van der Waals surface area contributed by atoms with Crippen molar-refractivity contribution in [2.45, 2.75) is 12.5 Å². The highest BCUT2D eigenvalue weighted by Crippen LogP contribution is 2.24. The van der Waals surface area contributed by atoms with Gasteiger partial charge in [-0.1, -0.05) is 0 Å². The molecule has 0 unspecified atom stereocenters. The minimum Gasteiger partial charge on any atom is -0.355 e. The molecule has 1 atom stereocenters. The first-order valence-corrected chi connectivity index (χ1v) is 5.63. The van der Waals surface area contributed by atoms with Gasteiger partial charge in [-0.2, -0.15) is 0 Å². The number of carbonyl (C=O) groups excluding carboxylic acids is 2. The molecule has 1 aromatic carbocycles. The van der Waals surface area contributed by atoms with Crippen molar-refractivity contribution in [3.05, 3.63) is 29.6 Å². The number of rotatable bonds is 2. The number of nitrogens with one attached hydrogen (secondary N) is 1. The van der Waals surface area contributed by atoms with Gasteiger partial charge in [-0.05, 0) is 24.6 Å². The summed E-state index contributed by atoms with van der Waals surface area (Å²) in [5.74, 6) is -1.26. The molecule has 0 radical (unpaired) electrons. The number of benzene rings is 1. The molecule has 18 heavy (non-hydrogen) atoms. The van der Waals surface area contributed by atoms with Crippen LogP contribution in [0.1, 0.15) is 16.8 Å². The normalized spacial score (nSPS) is 19.2. The molecule has 1 saturated heterocycles. The molecule has 0 saturated carbocycles. The molecule has 0 aliphatic carbocycles. The molecule has 3 N–H and O–H groups in total. The van der Waals surface area contributed by atoms with Crippen molar-refractivity contribution >= 4 is 17.5 Å². The maximum atomic E-state index is 13.9. The summed E-state index contributed by atoms with van der Waals surface area (Å²) in [7, 11) is 1.47. The van der Waals surface area contributed by atoms with E-state index in [0.717, 1.165) is 6.07 Å². The van der Waals surface area contributed by atoms with Gasteiger partial charge in [0.2, 0.25) is 5.91 Å². The molecule has 1 aliphatic rings. The van der Waals surface area contributed by atoms with Gasteiger partial charge < -0.3 is 16.0 Å². The Balaban J connectivity index is 2.31. The number of halogens is 1. The van der Waals surface area contributed by atoms with Crippen molar-refractivity contribution in [2.24, 2.45) is 5.73 Å². The summed E-state index contributed by atoms with van der Waals surface area (Å²) in [4.78, 5) is 24.3. The smallest absolute Gasteiger partial charge is 0.251 e. The summed E-state index contributed by atoms with van der Waals surface area (Å²) in [5.41, 5.74) is 5.96. The van der Waals surface area contributed by atoms with Crippen LogP contribution in [0.25, 0.3) is 0 Å². The number of carbonyl (C=O) groups is 2. The number of nitrogens with two attached hydrogens (primary N) is 1. The van der Waals surface area contributed by atoms with E-state index >= 15 is 0 Å². The Hall–Kier alpha value is -1.95. The van der Waals surface area contributed by atoms with Gasteiger partial charge >= 0.3 is 0 Å². The fraction of sp³-hybridized carbons (Fsp3) is 0.333. The summed E-state index contributed by atoms with van der Waals surface area (Å²) in [6, 6.07) is 3.46. The van der Waals surface area contributed by atoms with Crippen LogP contribution in [0.5, 0.6) is 0 Å². The van der Waals surface area contributed by atoms with Gasteiger partial charge in [0.1, 0.15) is 5.82 Å². The van der Waals surface area contributed by atoms with Gasteiger partial charge in [0.15, 0.2) is 0 Å². The molecule has 96 valence electrons. The van der Waals surface area contributed by atoms with E-state index in [2.05, 4.69) is 5.32 Å². The van der Waals surface area contributed by atoms with Crippen molar-refractivity contribution in [3.8, 4) is 0 Å². The molecule has 0 spiro atoms. The van der Waals surface area contributed by atoms with Gasteiger partial charge in [0, 0.05) is 19.2 Å². The first-order chi connectivity index (χ1) is 8.54. The lowest BCUT2D eigenvalue weighted by molar-refractivity contribution is -0.118. The number of anilines is 1. The first kappa shape index (κ1) is 12.5. The minimum absolute atomic E-state index is 0.167. The fourth-order valence-corrected chi connectivity index (χ4v) is 1.95. The second kappa shape index (κ2) is 4.73. The van der Waals surface area contributed by atoms with E-state index < -0.39 is 11.9 Å². The van der Waals surface area contributed by atoms with Crippen LogP contribution in [0.3, 0.4) is 0 Å². The molecule has 1 aliphatic heterocycles. The van der Waals surface area contributed by atoms with E-state index in [4.69, 9.17) is 5.73 Å². The van der Waals surface area contributed by atoms with Crippen molar-refractivity contribution in [1.29, 1.82) is 0 Å². The van der Waals surface area contributed by atoms with Crippen molar-refractivity contribution in [3.63, 3.8) is 0 Å². The lowest BCUT2D eigenvalue weighted by Gasteiger charge is -2.17. The minimum atomic E-state index is -0.599. The maximum Gasteiger partial charge on any atom is 0.251 e. The number of amides is 2. The monoisotopic (exact) mass is 251 g/mol. The number of hydrogen-bond acceptors (Lipinski definition) is 3. The van der Waals surface area contributed by atoms with E-state index in [9.17, 15) is 14.0 Å². The third-order valence-corrected chi connectivity index (χ3v) is 2.97. The Kier molecular flexibility index (Phi) is 3.29. The predicted molar refractivity (Wildman–Crippen MR) is 64.7 cm³/mol. The summed E-state index contributed by atoms with van der Waals surface area (Å²) >= 11 is 0. The van der Waals surface area contributed by atoms with Crippen molar-refractivity contribution in [1.82, 2.24) is 5.32 Å². The summed E-state index contributed by atoms with van der Waals surface area (Å²) in [5, 5.41) is 2.41. The second-order valence-corrected chi connectivity index (χ2v) is 4.13. The highest BCUT2D eigenvalue weighted by molar-refractivity contribution is 6.00. The van der Waals surface area contributed by atoms with Crippen LogP contribution >= 0.6 is 0 Å². The molecular formula is C12H14FN3O2. The lowest BCUT2D eigenvalue weighted by atomic mass is 10.1. The fourth-order valence-electron chi connectivity index (χ4n) is 1.95. The Morgan fingerprint density at radius 2 is 2.28 bits per heavy atom. The molecule has 1 aromatic rings. The van der Waals surface area contributed by atoms with Crippen LogP contribution in [-0.4, -0.2) is 31.4 Å². The summed E-state index contributed by atoms with van der Waals surface area (Å²) < 4.78 is 13.9. The van der Waals surface area contributed by atoms with Crippen LogP contribution in [-0.2, 0) is 4.79 Å². The van der Waals surface area contributed by atoms with Gasteiger partial charge in [-0.15, -0.1) is 0 Å². The molecular weight excluding hydrogens is 237 g/mol. The largest absolute Gasteiger partial charge is 0.355 e. The molecule has 2 amide bonds. The highest BCUT2D eigenvalue weighted by Gasteiger charge is 2.31. The Morgan fingerprint density at radius 3 is 2.78 bits per heavy atom. The van der Waals surface area contributed by atoms with E-state index in [1.807, 2.05) is 0 Å². The zero-order valence-electron chi connectivity index (χ0n) is 9.94. The molecule has 0 aromatic heterocycles. The Labute approximate surface area is 104 Å². The molecule has 1 heterocycles. The zero-order chi connectivity index (χ0) is 13.3. The average molecular weight is 251 g/mol. The van der Waals surface area contributed by atoms with E-state index in [0.29, 0.717) is 13.0 Å². The standard InChI is InChI=1S/C12H14FN3O2/c1-15-11(17)7-2-3-10(8(13)6-7)16-5-4-9(14)12(16)18/h2-3,6,9H,4-5,14H2,1H3,(H,15,17)/t9-/m0/s1. The zero-order valence-corrected chi connectivity index (χ0v) is 9.94. The predicted octanol–water partition coefficient (Wildman–Crippen LogP) is 0.249. The van der Waals surface area contributed by atoms with E-state index in [1.54, 1.807) is 0 Å². The molecule has 1 fully saturated rings. The maximum absolute atomic E-state index is 13.9. The molecule has 2 rings (SSSR count). The van der Waals surface area contributed by atoms with Crippen LogP contribution in [0.2, 0.25) is 0 Å². The highest BCUT2D eigenvalue weighted by atomic mass is 19.1. The van der Waals surface area contributed by atoms with Crippen LogP contribution in [0.4, 0.5) is 10.1 Å². The van der Waals surface area contributed by atoms with Crippen LogP contribution in [0.15, 0.2) is 18.2 Å². The molecule has 6 heteroatoms. The number of hydrogen-bond donors (Lipinski definition) is 2. The lowest BCUT2D eigenvalue weighted by Crippen LogP contribution is -2.34. The van der Waals surface area contributed by atoms with Gasteiger partial charge in [-0.25, -0.2) is 4.39 Å².